The summed E-state index contributed by atoms with van der Waals surface area (Å²) in [7, 11) is 4.20. The maximum atomic E-state index is 4.50. The molecule has 1 N–H and O–H groups in total. The molecule has 0 amide bonds. The second-order valence-corrected chi connectivity index (χ2v) is 5.39. The smallest absolute Gasteiger partial charge is 0.137 e. The summed E-state index contributed by atoms with van der Waals surface area (Å²) in [5.41, 5.74) is 1.15. The van der Waals surface area contributed by atoms with Crippen LogP contribution in [0, 0.1) is 6.92 Å². The van der Waals surface area contributed by atoms with Crippen LogP contribution < -0.4 is 10.2 Å². The normalized spacial score (nSPS) is 10.9. The standard InChI is InChI=1S/C15H29N5/c1-6-8-16-14-13(3)15(18-12-17-14)20(9-7-2)11-10-19(4)5/h12H,6-11H2,1-5H3,(H,16,17,18). The van der Waals surface area contributed by atoms with Gasteiger partial charge < -0.3 is 15.1 Å². The Kier molecular flexibility index (Phi) is 7.30. The lowest BCUT2D eigenvalue weighted by atomic mass is 10.2. The highest BCUT2D eigenvalue weighted by molar-refractivity contribution is 5.57. The van der Waals surface area contributed by atoms with Gasteiger partial charge in [-0.1, -0.05) is 13.8 Å². The van der Waals surface area contributed by atoms with Gasteiger partial charge in [0.1, 0.15) is 18.0 Å². The molecule has 0 atom stereocenters. The predicted octanol–water partition coefficient (Wildman–Crippen LogP) is 2.38. The Hall–Kier alpha value is -1.36. The van der Waals surface area contributed by atoms with Gasteiger partial charge in [-0.25, -0.2) is 9.97 Å². The maximum Gasteiger partial charge on any atom is 0.137 e. The SMILES string of the molecule is CCCNc1ncnc(N(CCC)CCN(C)C)c1C. The first kappa shape index (κ1) is 16.7. The van der Waals surface area contributed by atoms with E-state index in [2.05, 4.69) is 60.0 Å². The molecule has 5 nitrogen and oxygen atoms in total. The minimum absolute atomic E-state index is 0.947. The fraction of sp³-hybridized carbons (Fsp3) is 0.733. The number of nitrogens with one attached hydrogen (secondary N) is 1. The number of likely N-dealkylation sites (N-methyl/N-ethyl adjacent to an activating group) is 1. The molecule has 0 saturated carbocycles. The first-order chi connectivity index (χ1) is 9.60. The van der Waals surface area contributed by atoms with Crippen LogP contribution in [0.25, 0.3) is 0 Å². The zero-order valence-electron chi connectivity index (χ0n) is 13.6. The molecule has 0 aromatic carbocycles. The first-order valence-electron chi connectivity index (χ1n) is 7.55. The minimum atomic E-state index is 0.947. The van der Waals surface area contributed by atoms with E-state index in [1.54, 1.807) is 6.33 Å². The number of rotatable bonds is 9. The molecule has 1 aromatic heterocycles. The van der Waals surface area contributed by atoms with Gasteiger partial charge in [-0.05, 0) is 33.9 Å². The van der Waals surface area contributed by atoms with Gasteiger partial charge in [0.05, 0.1) is 0 Å². The van der Waals surface area contributed by atoms with E-state index in [0.717, 1.165) is 56.2 Å². The van der Waals surface area contributed by atoms with Crippen LogP contribution in [0.15, 0.2) is 6.33 Å². The molecule has 5 heteroatoms. The van der Waals surface area contributed by atoms with Gasteiger partial charge in [-0.15, -0.1) is 0 Å². The molecule has 114 valence electrons. The Bertz CT molecular complexity index is 392. The van der Waals surface area contributed by atoms with E-state index in [9.17, 15) is 0 Å². The number of nitrogens with zero attached hydrogens (tertiary/aromatic N) is 4. The van der Waals surface area contributed by atoms with Crippen molar-refractivity contribution in [2.24, 2.45) is 0 Å². The van der Waals surface area contributed by atoms with Crippen LogP contribution in [0.1, 0.15) is 32.3 Å². The Morgan fingerprint density at radius 3 is 2.40 bits per heavy atom. The summed E-state index contributed by atoms with van der Waals surface area (Å²) in [6, 6.07) is 0. The average Bonchev–Trinajstić information content (AvgIpc) is 2.42. The average molecular weight is 279 g/mol. The summed E-state index contributed by atoms with van der Waals surface area (Å²) in [5.74, 6) is 2.02. The summed E-state index contributed by atoms with van der Waals surface area (Å²) in [5, 5.41) is 3.38. The number of hydrogen-bond acceptors (Lipinski definition) is 5. The van der Waals surface area contributed by atoms with E-state index in [1.165, 1.54) is 0 Å². The quantitative estimate of drug-likeness (QED) is 0.752. The topological polar surface area (TPSA) is 44.3 Å². The van der Waals surface area contributed by atoms with Crippen LogP contribution in [0.4, 0.5) is 11.6 Å². The van der Waals surface area contributed by atoms with Crippen molar-refractivity contribution < 1.29 is 0 Å². The van der Waals surface area contributed by atoms with Gasteiger partial charge in [0.15, 0.2) is 0 Å². The highest BCUT2D eigenvalue weighted by Gasteiger charge is 2.13. The number of anilines is 2. The van der Waals surface area contributed by atoms with Gasteiger partial charge in [0.25, 0.3) is 0 Å². The lowest BCUT2D eigenvalue weighted by Crippen LogP contribution is -2.33. The third-order valence-electron chi connectivity index (χ3n) is 3.21. The Balaban J connectivity index is 2.88. The fourth-order valence-electron chi connectivity index (χ4n) is 2.10. The lowest BCUT2D eigenvalue weighted by molar-refractivity contribution is 0.412. The summed E-state index contributed by atoms with van der Waals surface area (Å²) in [6.45, 7) is 10.5. The van der Waals surface area contributed by atoms with Crippen LogP contribution in [-0.4, -0.2) is 55.1 Å². The molecule has 1 heterocycles. The molecule has 0 radical (unpaired) electrons. The van der Waals surface area contributed by atoms with Crippen molar-refractivity contribution in [1.82, 2.24) is 14.9 Å². The van der Waals surface area contributed by atoms with Crippen LogP contribution in [0.3, 0.4) is 0 Å². The van der Waals surface area contributed by atoms with Gasteiger partial charge in [0, 0.05) is 31.7 Å². The van der Waals surface area contributed by atoms with E-state index < -0.39 is 0 Å². The monoisotopic (exact) mass is 279 g/mol. The molecule has 1 rings (SSSR count). The molecule has 20 heavy (non-hydrogen) atoms. The molecule has 0 unspecified atom stereocenters. The van der Waals surface area contributed by atoms with Gasteiger partial charge in [0.2, 0.25) is 0 Å². The van der Waals surface area contributed by atoms with Crippen molar-refractivity contribution in [3.8, 4) is 0 Å². The number of aromatic nitrogens is 2. The highest BCUT2D eigenvalue weighted by Crippen LogP contribution is 2.22. The summed E-state index contributed by atoms with van der Waals surface area (Å²) in [4.78, 5) is 13.4. The second-order valence-electron chi connectivity index (χ2n) is 5.39. The van der Waals surface area contributed by atoms with Gasteiger partial charge in [-0.2, -0.15) is 0 Å². The van der Waals surface area contributed by atoms with E-state index >= 15 is 0 Å². The molecule has 0 fully saturated rings. The maximum absolute atomic E-state index is 4.50. The molecule has 0 saturated heterocycles. The van der Waals surface area contributed by atoms with Gasteiger partial charge in [-0.3, -0.25) is 0 Å². The third kappa shape index (κ3) is 4.96. The molecule has 0 bridgehead atoms. The van der Waals surface area contributed by atoms with Crippen molar-refractivity contribution >= 4 is 11.6 Å². The number of hydrogen-bond donors (Lipinski definition) is 1. The summed E-state index contributed by atoms with van der Waals surface area (Å²) < 4.78 is 0. The van der Waals surface area contributed by atoms with E-state index in [4.69, 9.17) is 0 Å². The molecule has 0 spiro atoms. The van der Waals surface area contributed by atoms with Crippen molar-refractivity contribution in [3.05, 3.63) is 11.9 Å². The third-order valence-corrected chi connectivity index (χ3v) is 3.21. The molecular formula is C15H29N5. The van der Waals surface area contributed by atoms with Crippen molar-refractivity contribution in [1.29, 1.82) is 0 Å². The molecule has 0 aliphatic rings. The summed E-state index contributed by atoms with van der Waals surface area (Å²) in [6.07, 6.45) is 3.88. The highest BCUT2D eigenvalue weighted by atomic mass is 15.2. The second kappa shape index (κ2) is 8.74. The zero-order valence-corrected chi connectivity index (χ0v) is 13.6. The van der Waals surface area contributed by atoms with Crippen LogP contribution in [-0.2, 0) is 0 Å². The summed E-state index contributed by atoms with van der Waals surface area (Å²) >= 11 is 0. The van der Waals surface area contributed by atoms with E-state index in [1.807, 2.05) is 0 Å². The molecule has 0 aliphatic carbocycles. The molecule has 0 aliphatic heterocycles. The fourth-order valence-corrected chi connectivity index (χ4v) is 2.10. The van der Waals surface area contributed by atoms with Crippen molar-refractivity contribution in [3.63, 3.8) is 0 Å². The Labute approximate surface area is 123 Å². The Morgan fingerprint density at radius 1 is 1.05 bits per heavy atom. The van der Waals surface area contributed by atoms with E-state index in [0.29, 0.717) is 0 Å². The van der Waals surface area contributed by atoms with Crippen molar-refractivity contribution in [2.75, 3.05) is 50.5 Å². The van der Waals surface area contributed by atoms with Crippen molar-refractivity contribution in [2.45, 2.75) is 33.6 Å². The molecular weight excluding hydrogens is 250 g/mol. The van der Waals surface area contributed by atoms with Crippen LogP contribution >= 0.6 is 0 Å². The van der Waals surface area contributed by atoms with E-state index in [-0.39, 0.29) is 0 Å². The van der Waals surface area contributed by atoms with Crippen LogP contribution in [0.5, 0.6) is 0 Å². The van der Waals surface area contributed by atoms with Crippen LogP contribution in [0.2, 0.25) is 0 Å². The van der Waals surface area contributed by atoms with Gasteiger partial charge >= 0.3 is 0 Å². The zero-order chi connectivity index (χ0) is 15.0. The Morgan fingerprint density at radius 2 is 1.80 bits per heavy atom. The minimum Gasteiger partial charge on any atom is -0.370 e. The predicted molar refractivity (Wildman–Crippen MR) is 86.6 cm³/mol. The largest absolute Gasteiger partial charge is 0.370 e. The molecule has 1 aromatic rings. The lowest BCUT2D eigenvalue weighted by Gasteiger charge is -2.26. The first-order valence-corrected chi connectivity index (χ1v) is 7.55.